The second-order valence-electron chi connectivity index (χ2n) is 6.91. The van der Waals surface area contributed by atoms with Crippen LogP contribution >= 0.6 is 7.60 Å². The van der Waals surface area contributed by atoms with E-state index < -0.39 is 7.60 Å². The molecular weight excluding hydrogens is 405 g/mol. The van der Waals surface area contributed by atoms with E-state index in [1.807, 2.05) is 12.1 Å². The van der Waals surface area contributed by atoms with Crippen LogP contribution in [0.4, 0.5) is 0 Å². The fraction of sp³-hybridized carbons (Fsp3) is 0.455. The first-order valence-corrected chi connectivity index (χ1v) is 11.9. The van der Waals surface area contributed by atoms with E-state index in [9.17, 15) is 4.57 Å². The van der Waals surface area contributed by atoms with Gasteiger partial charge in [-0.2, -0.15) is 0 Å². The van der Waals surface area contributed by atoms with Crippen molar-refractivity contribution in [3.05, 3.63) is 71.8 Å². The maximum atomic E-state index is 10.7. The highest BCUT2D eigenvalue weighted by molar-refractivity contribution is 7.51. The normalized spacial score (nSPS) is 11.8. The Morgan fingerprint density at radius 2 is 1.10 bits per heavy atom. The Balaban J connectivity index is 1.59. The molecule has 7 nitrogen and oxygen atoms in total. The second kappa shape index (κ2) is 14.4. The highest BCUT2D eigenvalue weighted by Crippen LogP contribution is 2.33. The minimum absolute atomic E-state index is 0.0306. The van der Waals surface area contributed by atoms with Crippen LogP contribution in [0.5, 0.6) is 0 Å². The molecule has 0 unspecified atom stereocenters. The van der Waals surface area contributed by atoms with Gasteiger partial charge in [0.15, 0.2) is 0 Å². The fourth-order valence-electron chi connectivity index (χ4n) is 2.82. The highest BCUT2D eigenvalue weighted by Gasteiger charge is 2.11. The van der Waals surface area contributed by atoms with Crippen molar-refractivity contribution in [1.82, 2.24) is 4.90 Å². The Kier molecular flexibility index (Phi) is 11.9. The van der Waals surface area contributed by atoms with Crippen molar-refractivity contribution in [2.24, 2.45) is 0 Å². The van der Waals surface area contributed by atoms with E-state index in [1.54, 1.807) is 0 Å². The summed E-state index contributed by atoms with van der Waals surface area (Å²) in [6.45, 7) is 4.82. The lowest BCUT2D eigenvalue weighted by Crippen LogP contribution is -2.27. The number of benzene rings is 2. The van der Waals surface area contributed by atoms with Crippen molar-refractivity contribution >= 4 is 7.60 Å². The number of hydrogen-bond acceptors (Lipinski definition) is 5. The summed E-state index contributed by atoms with van der Waals surface area (Å²) in [6.07, 6.45) is -0.265. The zero-order valence-corrected chi connectivity index (χ0v) is 18.2. The summed E-state index contributed by atoms with van der Waals surface area (Å²) in [7, 11) is -3.98. The smallest absolute Gasteiger partial charge is 0.327 e. The van der Waals surface area contributed by atoms with Gasteiger partial charge >= 0.3 is 7.60 Å². The maximum absolute atomic E-state index is 10.7. The average Bonchev–Trinajstić information content (AvgIpc) is 2.72. The van der Waals surface area contributed by atoms with Gasteiger partial charge in [0.25, 0.3) is 0 Å². The summed E-state index contributed by atoms with van der Waals surface area (Å²) < 4.78 is 26.9. The molecule has 0 aromatic heterocycles. The zero-order valence-electron chi connectivity index (χ0n) is 17.3. The Bertz CT molecular complexity index is 683. The summed E-state index contributed by atoms with van der Waals surface area (Å²) in [5.41, 5.74) is 2.55. The number of ether oxygens (including phenoxy) is 3. The van der Waals surface area contributed by atoms with Gasteiger partial charge in [0.2, 0.25) is 0 Å². The van der Waals surface area contributed by atoms with E-state index >= 15 is 0 Å². The van der Waals surface area contributed by atoms with Crippen LogP contribution in [0.1, 0.15) is 11.1 Å². The third kappa shape index (κ3) is 12.2. The first-order valence-electron chi connectivity index (χ1n) is 10.1. The quantitative estimate of drug-likeness (QED) is 0.308. The van der Waals surface area contributed by atoms with E-state index in [4.69, 9.17) is 24.0 Å². The van der Waals surface area contributed by atoms with Gasteiger partial charge in [-0.05, 0) is 11.1 Å². The SMILES string of the molecule is O=P(O)(O)CCOCCOCCOCCN(Cc1ccccc1)Cc1ccccc1. The minimum atomic E-state index is -3.98. The van der Waals surface area contributed by atoms with Gasteiger partial charge in [-0.1, -0.05) is 60.7 Å². The first-order chi connectivity index (χ1) is 14.5. The summed E-state index contributed by atoms with van der Waals surface area (Å²) >= 11 is 0. The molecule has 0 radical (unpaired) electrons. The molecule has 0 spiro atoms. The van der Waals surface area contributed by atoms with E-state index in [-0.39, 0.29) is 12.8 Å². The molecule has 0 saturated heterocycles. The van der Waals surface area contributed by atoms with Crippen LogP contribution in [0, 0.1) is 0 Å². The molecule has 166 valence electrons. The Labute approximate surface area is 178 Å². The van der Waals surface area contributed by atoms with Gasteiger partial charge < -0.3 is 24.0 Å². The Hall–Kier alpha value is -1.57. The number of rotatable bonds is 16. The Morgan fingerprint density at radius 3 is 1.57 bits per heavy atom. The van der Waals surface area contributed by atoms with Crippen molar-refractivity contribution < 1.29 is 28.6 Å². The molecule has 2 rings (SSSR count). The summed E-state index contributed by atoms with van der Waals surface area (Å²) in [4.78, 5) is 19.8. The van der Waals surface area contributed by atoms with Gasteiger partial charge in [0.05, 0.1) is 45.8 Å². The zero-order chi connectivity index (χ0) is 21.5. The predicted octanol–water partition coefficient (Wildman–Crippen LogP) is 2.92. The lowest BCUT2D eigenvalue weighted by molar-refractivity contribution is 0.0118. The molecule has 0 heterocycles. The van der Waals surface area contributed by atoms with Crippen LogP contribution in [0.15, 0.2) is 60.7 Å². The third-order valence-corrected chi connectivity index (χ3v) is 5.09. The van der Waals surface area contributed by atoms with Gasteiger partial charge in [-0.25, -0.2) is 0 Å². The molecule has 0 aliphatic carbocycles. The van der Waals surface area contributed by atoms with Gasteiger partial charge in [-0.15, -0.1) is 0 Å². The molecule has 0 fully saturated rings. The van der Waals surface area contributed by atoms with Crippen LogP contribution in [0.3, 0.4) is 0 Å². The van der Waals surface area contributed by atoms with Crippen LogP contribution in [-0.2, 0) is 31.9 Å². The van der Waals surface area contributed by atoms with E-state index in [0.717, 1.165) is 19.6 Å². The van der Waals surface area contributed by atoms with Crippen molar-refractivity contribution in [1.29, 1.82) is 0 Å². The molecule has 0 aliphatic rings. The monoisotopic (exact) mass is 437 g/mol. The van der Waals surface area contributed by atoms with E-state index in [0.29, 0.717) is 33.0 Å². The van der Waals surface area contributed by atoms with Crippen molar-refractivity contribution in [2.45, 2.75) is 13.1 Å². The van der Waals surface area contributed by atoms with Gasteiger partial charge in [0, 0.05) is 19.6 Å². The second-order valence-corrected chi connectivity index (χ2v) is 8.68. The topological polar surface area (TPSA) is 88.5 Å². The molecule has 0 bridgehead atoms. The molecule has 2 aromatic rings. The molecule has 0 aliphatic heterocycles. The standard InChI is InChI=1S/C22H32NO6P/c24-30(25,26)18-17-29-16-15-28-14-13-27-12-11-23(19-21-7-3-1-4-8-21)20-22-9-5-2-6-10-22/h1-10H,11-20H2,(H2,24,25,26). The molecule has 2 aromatic carbocycles. The first kappa shape index (κ1) is 24.7. The van der Waals surface area contributed by atoms with Crippen LogP contribution in [0.2, 0.25) is 0 Å². The molecule has 0 saturated carbocycles. The summed E-state index contributed by atoms with van der Waals surface area (Å²) in [5.74, 6) is 0. The largest absolute Gasteiger partial charge is 0.378 e. The van der Waals surface area contributed by atoms with Crippen molar-refractivity contribution in [3.8, 4) is 0 Å². The molecule has 0 amide bonds. The maximum Gasteiger partial charge on any atom is 0.327 e. The van der Waals surface area contributed by atoms with Crippen molar-refractivity contribution in [2.75, 3.05) is 52.3 Å². The fourth-order valence-corrected chi connectivity index (χ4v) is 3.18. The molecule has 0 atom stereocenters. The van der Waals surface area contributed by atoms with Crippen LogP contribution < -0.4 is 0 Å². The molecule has 2 N–H and O–H groups in total. The van der Waals surface area contributed by atoms with Crippen LogP contribution in [0.25, 0.3) is 0 Å². The van der Waals surface area contributed by atoms with E-state index in [1.165, 1.54) is 11.1 Å². The third-order valence-electron chi connectivity index (χ3n) is 4.32. The Morgan fingerprint density at radius 1 is 0.667 bits per heavy atom. The molecule has 30 heavy (non-hydrogen) atoms. The number of nitrogens with zero attached hydrogens (tertiary/aromatic N) is 1. The summed E-state index contributed by atoms with van der Waals surface area (Å²) in [5, 5.41) is 0. The van der Waals surface area contributed by atoms with E-state index in [2.05, 4.69) is 53.4 Å². The molecular formula is C22H32NO6P. The minimum Gasteiger partial charge on any atom is -0.378 e. The van der Waals surface area contributed by atoms with Gasteiger partial charge in [-0.3, -0.25) is 9.46 Å². The van der Waals surface area contributed by atoms with Crippen molar-refractivity contribution in [3.63, 3.8) is 0 Å². The lowest BCUT2D eigenvalue weighted by Gasteiger charge is -2.22. The summed E-state index contributed by atoms with van der Waals surface area (Å²) in [6, 6.07) is 20.8. The van der Waals surface area contributed by atoms with Crippen LogP contribution in [-0.4, -0.2) is 67.0 Å². The average molecular weight is 437 g/mol. The number of hydrogen-bond donors (Lipinski definition) is 2. The van der Waals surface area contributed by atoms with Gasteiger partial charge in [0.1, 0.15) is 0 Å². The lowest BCUT2D eigenvalue weighted by atomic mass is 10.1. The predicted molar refractivity (Wildman–Crippen MR) is 116 cm³/mol. The highest BCUT2D eigenvalue weighted by atomic mass is 31.2. The molecule has 8 heteroatoms.